The van der Waals surface area contributed by atoms with Gasteiger partial charge in [-0.1, -0.05) is 18.6 Å². The second kappa shape index (κ2) is 8.10. The molecule has 146 valence electrons. The molecule has 1 aromatic heterocycles. The van der Waals surface area contributed by atoms with Crippen molar-refractivity contribution in [2.24, 2.45) is 0 Å². The summed E-state index contributed by atoms with van der Waals surface area (Å²) in [6.45, 7) is 2.35. The molecule has 2 aliphatic rings. The third-order valence-electron chi connectivity index (χ3n) is 5.74. The Morgan fingerprint density at radius 1 is 1.11 bits per heavy atom. The Hall–Kier alpha value is -2.73. The Morgan fingerprint density at radius 2 is 2.00 bits per heavy atom. The van der Waals surface area contributed by atoms with Gasteiger partial charge in [-0.05, 0) is 68.2 Å². The molecule has 2 amide bonds. The van der Waals surface area contributed by atoms with Crippen LogP contribution in [0.4, 0.5) is 5.69 Å². The van der Waals surface area contributed by atoms with E-state index in [4.69, 9.17) is 0 Å². The highest BCUT2D eigenvalue weighted by Crippen LogP contribution is 2.25. The molecule has 2 aliphatic heterocycles. The van der Waals surface area contributed by atoms with E-state index in [9.17, 15) is 9.59 Å². The summed E-state index contributed by atoms with van der Waals surface area (Å²) >= 11 is 0. The summed E-state index contributed by atoms with van der Waals surface area (Å²) in [5, 5.41) is 2.91. The number of rotatable bonds is 3. The number of aromatic nitrogens is 1. The highest BCUT2D eigenvalue weighted by molar-refractivity contribution is 6.02. The molecular weight excluding hydrogens is 352 g/mol. The van der Waals surface area contributed by atoms with E-state index in [1.165, 1.54) is 12.0 Å². The monoisotopic (exact) mass is 378 g/mol. The van der Waals surface area contributed by atoms with Crippen molar-refractivity contribution in [1.29, 1.82) is 0 Å². The average molecular weight is 378 g/mol. The summed E-state index contributed by atoms with van der Waals surface area (Å²) < 4.78 is 0. The lowest BCUT2D eigenvalue weighted by atomic mass is 9.96. The van der Waals surface area contributed by atoms with Crippen LogP contribution in [0, 0.1) is 0 Å². The number of pyridine rings is 1. The van der Waals surface area contributed by atoms with E-state index in [0.29, 0.717) is 12.2 Å². The molecule has 1 fully saturated rings. The molecule has 6 heteroatoms. The number of carbonyl (C=O) groups is 2. The number of likely N-dealkylation sites (N-methyl/N-ethyl adjacent to an activating group) is 1. The van der Waals surface area contributed by atoms with Crippen molar-refractivity contribution in [3.63, 3.8) is 0 Å². The highest BCUT2D eigenvalue weighted by Gasteiger charge is 2.31. The number of fused-ring (bicyclic) bond motifs is 1. The van der Waals surface area contributed by atoms with Gasteiger partial charge < -0.3 is 10.2 Å². The Bertz CT molecular complexity index is 868. The van der Waals surface area contributed by atoms with Gasteiger partial charge in [0.15, 0.2) is 0 Å². The lowest BCUT2D eigenvalue weighted by Gasteiger charge is -2.37. The maximum atomic E-state index is 13.0. The van der Waals surface area contributed by atoms with Crippen LogP contribution in [-0.2, 0) is 17.8 Å². The van der Waals surface area contributed by atoms with Crippen LogP contribution in [0.5, 0.6) is 0 Å². The van der Waals surface area contributed by atoms with Crippen molar-refractivity contribution >= 4 is 17.5 Å². The minimum atomic E-state index is -0.229. The molecule has 0 bridgehead atoms. The van der Waals surface area contributed by atoms with Gasteiger partial charge in [0, 0.05) is 25.0 Å². The van der Waals surface area contributed by atoms with Crippen molar-refractivity contribution in [2.45, 2.75) is 38.3 Å². The zero-order valence-corrected chi connectivity index (χ0v) is 16.2. The molecule has 28 heavy (non-hydrogen) atoms. The third-order valence-corrected chi connectivity index (χ3v) is 5.74. The highest BCUT2D eigenvalue weighted by atomic mass is 16.2. The maximum absolute atomic E-state index is 13.0. The number of carbonyl (C=O) groups excluding carboxylic acids is 2. The minimum Gasteiger partial charge on any atom is -0.337 e. The Balaban J connectivity index is 1.46. The topological polar surface area (TPSA) is 65.5 Å². The molecule has 4 rings (SSSR count). The summed E-state index contributed by atoms with van der Waals surface area (Å²) in [6.07, 6.45) is 5.69. The number of nitrogens with zero attached hydrogens (tertiary/aromatic N) is 3. The molecule has 0 radical (unpaired) electrons. The van der Waals surface area contributed by atoms with Crippen LogP contribution in [0.2, 0.25) is 0 Å². The van der Waals surface area contributed by atoms with Gasteiger partial charge in [0.2, 0.25) is 5.91 Å². The predicted octanol–water partition coefficient (Wildman–Crippen LogP) is 2.70. The zero-order chi connectivity index (χ0) is 19.5. The molecule has 6 nitrogen and oxygen atoms in total. The first-order valence-electron chi connectivity index (χ1n) is 9.95. The fourth-order valence-electron chi connectivity index (χ4n) is 4.11. The van der Waals surface area contributed by atoms with E-state index >= 15 is 0 Å². The first kappa shape index (κ1) is 18.6. The summed E-state index contributed by atoms with van der Waals surface area (Å²) in [4.78, 5) is 33.6. The number of piperidine rings is 1. The number of amides is 2. The van der Waals surface area contributed by atoms with E-state index in [1.807, 2.05) is 24.1 Å². The first-order chi connectivity index (χ1) is 13.6. The molecule has 0 spiro atoms. The van der Waals surface area contributed by atoms with Gasteiger partial charge in [0.25, 0.3) is 5.91 Å². The fourth-order valence-corrected chi connectivity index (χ4v) is 4.11. The third kappa shape index (κ3) is 3.92. The van der Waals surface area contributed by atoms with Gasteiger partial charge in [0.05, 0.1) is 6.04 Å². The van der Waals surface area contributed by atoms with Gasteiger partial charge in [-0.25, -0.2) is 0 Å². The molecule has 0 saturated carbocycles. The summed E-state index contributed by atoms with van der Waals surface area (Å²) in [5.41, 5.74) is 3.48. The van der Waals surface area contributed by atoms with Crippen molar-refractivity contribution in [3.05, 3.63) is 59.4 Å². The van der Waals surface area contributed by atoms with Crippen molar-refractivity contribution in [3.8, 4) is 0 Å². The second-order valence-electron chi connectivity index (χ2n) is 7.65. The molecule has 1 aromatic carbocycles. The SMILES string of the molecule is CN1CCCC[C@@H]1C(=O)N1CCc2ccc(NC(=O)c3ccccn3)cc2C1. The van der Waals surface area contributed by atoms with E-state index < -0.39 is 0 Å². The predicted molar refractivity (Wildman–Crippen MR) is 108 cm³/mol. The van der Waals surface area contributed by atoms with Crippen molar-refractivity contribution < 1.29 is 9.59 Å². The van der Waals surface area contributed by atoms with Crippen molar-refractivity contribution in [2.75, 3.05) is 25.5 Å². The van der Waals surface area contributed by atoms with Crippen LogP contribution in [-0.4, -0.2) is 52.8 Å². The lowest BCUT2D eigenvalue weighted by molar-refractivity contribution is -0.138. The van der Waals surface area contributed by atoms with E-state index in [-0.39, 0.29) is 17.9 Å². The van der Waals surface area contributed by atoms with Crippen LogP contribution in [0.25, 0.3) is 0 Å². The molecular formula is C22H26N4O2. The van der Waals surface area contributed by atoms with Crippen LogP contribution in [0.3, 0.4) is 0 Å². The molecule has 0 aliphatic carbocycles. The molecule has 0 unspecified atom stereocenters. The first-order valence-corrected chi connectivity index (χ1v) is 9.95. The molecule has 2 aromatic rings. The average Bonchev–Trinajstić information content (AvgIpc) is 2.73. The van der Waals surface area contributed by atoms with Gasteiger partial charge in [-0.15, -0.1) is 0 Å². The van der Waals surface area contributed by atoms with Crippen molar-refractivity contribution in [1.82, 2.24) is 14.8 Å². The van der Waals surface area contributed by atoms with Gasteiger partial charge >= 0.3 is 0 Å². The van der Waals surface area contributed by atoms with Crippen LogP contribution in [0.15, 0.2) is 42.6 Å². The number of benzene rings is 1. The number of nitrogens with one attached hydrogen (secondary N) is 1. The van der Waals surface area contributed by atoms with Crippen LogP contribution >= 0.6 is 0 Å². The fraction of sp³-hybridized carbons (Fsp3) is 0.409. The molecule has 1 N–H and O–H groups in total. The molecule has 1 saturated heterocycles. The largest absolute Gasteiger partial charge is 0.337 e. The van der Waals surface area contributed by atoms with E-state index in [0.717, 1.165) is 43.6 Å². The minimum absolute atomic E-state index is 0.00217. The second-order valence-corrected chi connectivity index (χ2v) is 7.65. The number of hydrogen-bond acceptors (Lipinski definition) is 4. The van der Waals surface area contributed by atoms with E-state index in [1.54, 1.807) is 24.4 Å². The lowest BCUT2D eigenvalue weighted by Crippen LogP contribution is -2.50. The number of likely N-dealkylation sites (tertiary alicyclic amines) is 1. The zero-order valence-electron chi connectivity index (χ0n) is 16.2. The summed E-state index contributed by atoms with van der Waals surface area (Å²) in [5.74, 6) is 0.00361. The molecule has 3 heterocycles. The Labute approximate surface area is 165 Å². The summed E-state index contributed by atoms with van der Waals surface area (Å²) in [7, 11) is 2.05. The van der Waals surface area contributed by atoms with Gasteiger partial charge in [0.1, 0.15) is 5.69 Å². The Kier molecular flexibility index (Phi) is 5.39. The number of hydrogen-bond donors (Lipinski definition) is 1. The van der Waals surface area contributed by atoms with Crippen LogP contribution in [0.1, 0.15) is 40.9 Å². The number of anilines is 1. The quantitative estimate of drug-likeness (QED) is 0.892. The smallest absolute Gasteiger partial charge is 0.274 e. The summed E-state index contributed by atoms with van der Waals surface area (Å²) in [6, 6.07) is 11.2. The standard InChI is InChI=1S/C22H26N4O2/c1-25-12-5-3-7-20(25)22(28)26-13-10-16-8-9-18(14-17(16)15-26)24-21(27)19-6-2-4-11-23-19/h2,4,6,8-9,11,14,20H,3,5,7,10,12-13,15H2,1H3,(H,24,27)/t20-/m1/s1. The maximum Gasteiger partial charge on any atom is 0.274 e. The van der Waals surface area contributed by atoms with Gasteiger partial charge in [-0.3, -0.25) is 19.5 Å². The van der Waals surface area contributed by atoms with E-state index in [2.05, 4.69) is 21.3 Å². The van der Waals surface area contributed by atoms with Crippen LogP contribution < -0.4 is 5.32 Å². The molecule has 1 atom stereocenters. The normalized spacial score (nSPS) is 19.8. The van der Waals surface area contributed by atoms with Gasteiger partial charge in [-0.2, -0.15) is 0 Å². The Morgan fingerprint density at radius 3 is 2.79 bits per heavy atom.